The molecule has 6 aliphatic rings. The number of nitriles is 1. The van der Waals surface area contributed by atoms with Crippen LogP contribution < -0.4 is 10.1 Å². The molecule has 13 nitrogen and oxygen atoms in total. The molecule has 3 fully saturated rings. The summed E-state index contributed by atoms with van der Waals surface area (Å²) in [6.45, 7) is 3.89. The third-order valence-electron chi connectivity index (χ3n) is 12.6. The predicted molar refractivity (Wildman–Crippen MR) is 205 cm³/mol. The number of ether oxygens (including phenoxy) is 1. The highest BCUT2D eigenvalue weighted by molar-refractivity contribution is 6.31. The minimum Gasteiger partial charge on any atom is -0.490 e. The van der Waals surface area contributed by atoms with Crippen molar-refractivity contribution in [3.05, 3.63) is 98.1 Å². The number of hydrogen-bond acceptors (Lipinski definition) is 9. The van der Waals surface area contributed by atoms with Crippen LogP contribution in [0, 0.1) is 17.2 Å². The number of benzene rings is 3. The second-order valence-corrected chi connectivity index (χ2v) is 16.5. The molecule has 0 aromatic heterocycles. The second kappa shape index (κ2) is 14.7. The molecule has 1 aliphatic carbocycles. The molecule has 3 aromatic rings. The van der Waals surface area contributed by atoms with Gasteiger partial charge in [0.25, 0.3) is 23.6 Å². The zero-order valence-electron chi connectivity index (χ0n) is 31.3. The molecule has 6 amide bonds. The van der Waals surface area contributed by atoms with Crippen LogP contribution in [0.15, 0.2) is 48.5 Å². The van der Waals surface area contributed by atoms with Crippen molar-refractivity contribution in [3.63, 3.8) is 0 Å². The largest absolute Gasteiger partial charge is 0.490 e. The Bertz CT molecular complexity index is 2240. The van der Waals surface area contributed by atoms with Crippen molar-refractivity contribution < 1.29 is 33.5 Å². The van der Waals surface area contributed by atoms with Crippen LogP contribution in [0.4, 0.5) is 0 Å². The first kappa shape index (κ1) is 37.0. The van der Waals surface area contributed by atoms with E-state index in [4.69, 9.17) is 21.6 Å². The molecular formula is C43H41ClN6O7. The van der Waals surface area contributed by atoms with Gasteiger partial charge < -0.3 is 14.5 Å². The van der Waals surface area contributed by atoms with Gasteiger partial charge in [-0.2, -0.15) is 5.26 Å². The normalized spacial score (nSPS) is 23.7. The van der Waals surface area contributed by atoms with Gasteiger partial charge in [0.15, 0.2) is 0 Å². The van der Waals surface area contributed by atoms with Crippen molar-refractivity contribution in [1.82, 2.24) is 24.9 Å². The summed E-state index contributed by atoms with van der Waals surface area (Å²) in [5, 5.41) is 11.7. The van der Waals surface area contributed by atoms with E-state index in [2.05, 4.69) is 16.3 Å². The molecule has 2 saturated heterocycles. The number of rotatable bonds is 7. The van der Waals surface area contributed by atoms with Crippen LogP contribution in [0.2, 0.25) is 5.02 Å². The van der Waals surface area contributed by atoms with Gasteiger partial charge in [0.2, 0.25) is 11.8 Å². The molecule has 5 heterocycles. The summed E-state index contributed by atoms with van der Waals surface area (Å²) >= 11 is 6.18. The van der Waals surface area contributed by atoms with Crippen molar-refractivity contribution in [2.75, 3.05) is 19.6 Å². The maximum atomic E-state index is 13.7. The Balaban J connectivity index is 0.754. The molecule has 0 spiro atoms. The molecule has 5 aliphatic heterocycles. The zero-order valence-corrected chi connectivity index (χ0v) is 32.1. The highest BCUT2D eigenvalue weighted by atomic mass is 35.5. The monoisotopic (exact) mass is 788 g/mol. The van der Waals surface area contributed by atoms with Crippen molar-refractivity contribution >= 4 is 47.0 Å². The maximum absolute atomic E-state index is 13.7. The fourth-order valence-corrected chi connectivity index (χ4v) is 9.75. The maximum Gasteiger partial charge on any atom is 0.262 e. The number of halogens is 1. The molecule has 14 heteroatoms. The van der Waals surface area contributed by atoms with Crippen molar-refractivity contribution in [2.24, 2.45) is 5.92 Å². The number of likely N-dealkylation sites (tertiary alicyclic amines) is 1. The molecule has 1 N–H and O–H groups in total. The Morgan fingerprint density at radius 1 is 0.789 bits per heavy atom. The number of carbonyl (C=O) groups excluding carboxylic acids is 6. The van der Waals surface area contributed by atoms with E-state index in [1.807, 2.05) is 15.9 Å². The highest BCUT2D eigenvalue weighted by Crippen LogP contribution is 2.36. The van der Waals surface area contributed by atoms with Gasteiger partial charge in [0.1, 0.15) is 17.9 Å². The number of nitrogens with one attached hydrogen (secondary N) is 1. The number of fused-ring (bicyclic) bond motifs is 3. The summed E-state index contributed by atoms with van der Waals surface area (Å²) in [4.78, 5) is 85.0. The van der Waals surface area contributed by atoms with Gasteiger partial charge in [0.05, 0.1) is 27.8 Å². The molecule has 0 bridgehead atoms. The first-order valence-corrected chi connectivity index (χ1v) is 20.1. The highest BCUT2D eigenvalue weighted by Gasteiger charge is 2.45. The lowest BCUT2D eigenvalue weighted by molar-refractivity contribution is -0.136. The summed E-state index contributed by atoms with van der Waals surface area (Å²) in [7, 11) is 0. The van der Waals surface area contributed by atoms with Crippen molar-refractivity contribution in [3.8, 4) is 11.8 Å². The van der Waals surface area contributed by atoms with Gasteiger partial charge >= 0.3 is 0 Å². The van der Waals surface area contributed by atoms with E-state index in [1.54, 1.807) is 42.5 Å². The Morgan fingerprint density at radius 3 is 2.14 bits per heavy atom. The zero-order chi connectivity index (χ0) is 39.5. The van der Waals surface area contributed by atoms with E-state index in [1.165, 1.54) is 0 Å². The Labute approximate surface area is 334 Å². The van der Waals surface area contributed by atoms with Gasteiger partial charge in [-0.05, 0) is 110 Å². The van der Waals surface area contributed by atoms with E-state index in [-0.39, 0.29) is 36.8 Å². The minimum atomic E-state index is -0.983. The van der Waals surface area contributed by atoms with Crippen LogP contribution in [0.1, 0.15) is 115 Å². The topological polar surface area (TPSA) is 160 Å². The fourth-order valence-electron chi connectivity index (χ4n) is 9.53. The van der Waals surface area contributed by atoms with Crippen LogP contribution >= 0.6 is 11.6 Å². The first-order chi connectivity index (χ1) is 27.5. The minimum absolute atomic E-state index is 0.00628. The van der Waals surface area contributed by atoms with Crippen molar-refractivity contribution in [2.45, 2.75) is 89.2 Å². The Morgan fingerprint density at radius 2 is 1.49 bits per heavy atom. The number of carbonyl (C=O) groups is 6. The van der Waals surface area contributed by atoms with Crippen LogP contribution in [0.5, 0.6) is 5.75 Å². The first-order valence-electron chi connectivity index (χ1n) is 19.7. The number of nitrogens with zero attached hydrogens (tertiary/aromatic N) is 5. The lowest BCUT2D eigenvalue weighted by atomic mass is 9.92. The smallest absolute Gasteiger partial charge is 0.262 e. The summed E-state index contributed by atoms with van der Waals surface area (Å²) in [6, 6.07) is 15.3. The molecule has 0 radical (unpaired) electrons. The average molecular weight is 789 g/mol. The van der Waals surface area contributed by atoms with E-state index in [0.717, 1.165) is 66.7 Å². The summed E-state index contributed by atoms with van der Waals surface area (Å²) in [5.74, 6) is -0.997. The van der Waals surface area contributed by atoms with Gasteiger partial charge in [-0.1, -0.05) is 11.6 Å². The number of imide groups is 2. The summed E-state index contributed by atoms with van der Waals surface area (Å²) in [6.07, 6.45) is 5.14. The van der Waals surface area contributed by atoms with Crippen LogP contribution in [-0.4, -0.2) is 92.9 Å². The fraction of sp³-hybridized carbons (Fsp3) is 0.419. The third-order valence-corrected chi connectivity index (χ3v) is 12.9. The van der Waals surface area contributed by atoms with Crippen molar-refractivity contribution in [1.29, 1.82) is 5.26 Å². The van der Waals surface area contributed by atoms with E-state index in [0.29, 0.717) is 77.2 Å². The molecule has 57 heavy (non-hydrogen) atoms. The SMILES string of the molecule is N#Cc1ccc(OC2CCC(N3Cc4cc(C(=O)N5CCC(CN6Cc7cc8c(cc7C6)C(=O)N(C6CCC(=O)NC6=O)C8=O)CC5)ccc4C3=O)CC2)cc1Cl. The lowest BCUT2D eigenvalue weighted by Crippen LogP contribution is -2.54. The molecule has 9 rings (SSSR count). The quantitative estimate of drug-likeness (QED) is 0.331. The van der Waals surface area contributed by atoms with Crippen LogP contribution in [0.3, 0.4) is 0 Å². The van der Waals surface area contributed by atoms with E-state index >= 15 is 0 Å². The number of hydrogen-bond donors (Lipinski definition) is 1. The van der Waals surface area contributed by atoms with E-state index in [9.17, 15) is 28.8 Å². The predicted octanol–water partition coefficient (Wildman–Crippen LogP) is 4.83. The molecule has 3 aromatic carbocycles. The number of amides is 6. The molecular weight excluding hydrogens is 748 g/mol. The van der Waals surface area contributed by atoms with Crippen LogP contribution in [-0.2, 0) is 29.2 Å². The summed E-state index contributed by atoms with van der Waals surface area (Å²) in [5.41, 5.74) is 5.16. The molecule has 1 unspecified atom stereocenters. The van der Waals surface area contributed by atoms with Gasteiger partial charge in [-0.3, -0.25) is 43.9 Å². The second-order valence-electron chi connectivity index (χ2n) is 16.1. The molecule has 1 saturated carbocycles. The average Bonchev–Trinajstić information content (AvgIpc) is 3.84. The van der Waals surface area contributed by atoms with Crippen LogP contribution in [0.25, 0.3) is 0 Å². The molecule has 292 valence electrons. The van der Waals surface area contributed by atoms with E-state index < -0.39 is 29.7 Å². The summed E-state index contributed by atoms with van der Waals surface area (Å²) < 4.78 is 6.15. The Hall–Kier alpha value is -5.58. The van der Waals surface area contributed by atoms with Gasteiger partial charge in [0, 0.05) is 68.9 Å². The standard InChI is InChI=1S/C43H41ClN6O7/c44-36-18-32(5-1-26(36)19-45)57-31-6-3-30(4-7-31)49-23-29-15-25(2-8-33(29)41(49)54)40(53)48-13-11-24(12-14-48)20-47-21-27-16-34-35(17-28(27)22-47)43(56)50(42(34)55)37-9-10-38(51)46-39(37)52/h1-2,5,8,15-18,24,30-31,37H,3-4,6-7,9-14,20-23H2,(H,46,51,52). The molecule has 1 atom stereocenters. The lowest BCUT2D eigenvalue weighted by Gasteiger charge is -2.34. The number of piperidine rings is 2. The van der Waals surface area contributed by atoms with Gasteiger partial charge in [-0.15, -0.1) is 0 Å². The van der Waals surface area contributed by atoms with Gasteiger partial charge in [-0.25, -0.2) is 0 Å². The third kappa shape index (κ3) is 6.84. The Kier molecular flexibility index (Phi) is 9.57.